The minimum atomic E-state index is 0.500. The van der Waals surface area contributed by atoms with Crippen LogP contribution in [0.2, 0.25) is 0 Å². The summed E-state index contributed by atoms with van der Waals surface area (Å²) in [5.41, 5.74) is 1.71. The third-order valence-electron chi connectivity index (χ3n) is 3.76. The molecule has 0 spiro atoms. The minimum absolute atomic E-state index is 0.500. The Balaban J connectivity index is 2.50. The Hall–Kier alpha value is -0.530. The molecule has 13 heavy (non-hydrogen) atoms. The van der Waals surface area contributed by atoms with E-state index in [9.17, 15) is 0 Å². The van der Waals surface area contributed by atoms with Gasteiger partial charge in [-0.05, 0) is 37.0 Å². The molecule has 0 atom stereocenters. The molecule has 1 saturated carbocycles. The fourth-order valence-corrected chi connectivity index (χ4v) is 2.15. The highest BCUT2D eigenvalue weighted by atomic mass is 15.1. The van der Waals surface area contributed by atoms with Gasteiger partial charge in [0.05, 0.1) is 0 Å². The molecule has 1 aliphatic carbocycles. The molecule has 0 unspecified atom stereocenters. The van der Waals surface area contributed by atoms with Crippen LogP contribution in [0.1, 0.15) is 52.9 Å². The van der Waals surface area contributed by atoms with Crippen molar-refractivity contribution in [3.63, 3.8) is 0 Å². The van der Waals surface area contributed by atoms with E-state index in [2.05, 4.69) is 25.9 Å². The van der Waals surface area contributed by atoms with Crippen molar-refractivity contribution in [3.05, 3.63) is 0 Å². The average molecular weight is 182 g/mol. The molecule has 0 heterocycles. The van der Waals surface area contributed by atoms with E-state index in [-0.39, 0.29) is 0 Å². The number of nitrogens with zero attached hydrogens (tertiary/aromatic N) is 1. The average Bonchev–Trinajstić information content (AvgIpc) is 2.18. The zero-order chi connectivity index (χ0) is 9.90. The Kier molecular flexibility index (Phi) is 3.34. The number of rotatable bonds is 2. The molecule has 76 valence electrons. The monoisotopic (exact) mass is 182 g/mol. The Morgan fingerprint density at radius 2 is 1.92 bits per heavy atom. The number of nitrogens with two attached hydrogens (primary N) is 1. The summed E-state index contributed by atoms with van der Waals surface area (Å²) in [5.74, 6) is 6.14. The summed E-state index contributed by atoms with van der Waals surface area (Å²) in [5, 5.41) is 3.81. The second kappa shape index (κ2) is 4.12. The first-order valence-electron chi connectivity index (χ1n) is 5.35. The van der Waals surface area contributed by atoms with Crippen molar-refractivity contribution in [2.75, 3.05) is 0 Å². The van der Waals surface area contributed by atoms with Crippen molar-refractivity contribution < 1.29 is 0 Å². The van der Waals surface area contributed by atoms with Crippen molar-refractivity contribution in [3.8, 4) is 0 Å². The van der Waals surface area contributed by atoms with E-state index in [1.54, 1.807) is 0 Å². The molecule has 1 fully saturated rings. The van der Waals surface area contributed by atoms with Gasteiger partial charge in [-0.25, -0.2) is 0 Å². The van der Waals surface area contributed by atoms with Crippen molar-refractivity contribution >= 4 is 5.71 Å². The number of hydrogen-bond donors (Lipinski definition) is 1. The minimum Gasteiger partial charge on any atom is -0.323 e. The summed E-state index contributed by atoms with van der Waals surface area (Å²) < 4.78 is 0. The molecular formula is C11H22N2. The molecule has 2 N–H and O–H groups in total. The van der Waals surface area contributed by atoms with Gasteiger partial charge in [0.1, 0.15) is 0 Å². The van der Waals surface area contributed by atoms with Crippen LogP contribution in [-0.2, 0) is 0 Å². The van der Waals surface area contributed by atoms with Crippen LogP contribution in [0, 0.1) is 11.3 Å². The predicted octanol–water partition coefficient (Wildman–Crippen LogP) is 2.93. The normalized spacial score (nSPS) is 24.5. The van der Waals surface area contributed by atoms with Gasteiger partial charge in [-0.15, -0.1) is 0 Å². The van der Waals surface area contributed by atoms with E-state index >= 15 is 0 Å². The standard InChI is InChI=1S/C11H22N2/c1-4-11(2,3)9-5-7-10(13-12)8-6-9/h9H,4-8,12H2,1-3H3. The van der Waals surface area contributed by atoms with E-state index in [0.717, 1.165) is 18.8 Å². The predicted molar refractivity (Wildman–Crippen MR) is 57.7 cm³/mol. The molecule has 0 amide bonds. The van der Waals surface area contributed by atoms with Gasteiger partial charge in [0.2, 0.25) is 0 Å². The van der Waals surface area contributed by atoms with E-state index in [1.807, 2.05) is 0 Å². The lowest BCUT2D eigenvalue weighted by Gasteiger charge is -2.36. The molecule has 1 rings (SSSR count). The van der Waals surface area contributed by atoms with Crippen LogP contribution in [0.5, 0.6) is 0 Å². The summed E-state index contributed by atoms with van der Waals surface area (Å²) in [6.45, 7) is 7.04. The molecular weight excluding hydrogens is 160 g/mol. The summed E-state index contributed by atoms with van der Waals surface area (Å²) in [7, 11) is 0. The largest absolute Gasteiger partial charge is 0.323 e. The summed E-state index contributed by atoms with van der Waals surface area (Å²) in [6.07, 6.45) is 6.05. The first-order valence-corrected chi connectivity index (χ1v) is 5.35. The Labute approximate surface area is 81.6 Å². The lowest BCUT2D eigenvalue weighted by molar-refractivity contribution is 0.176. The van der Waals surface area contributed by atoms with Crippen LogP contribution < -0.4 is 5.84 Å². The highest BCUT2D eigenvalue weighted by Crippen LogP contribution is 2.39. The van der Waals surface area contributed by atoms with E-state index < -0.39 is 0 Å². The second-order valence-corrected chi connectivity index (χ2v) is 4.81. The zero-order valence-corrected chi connectivity index (χ0v) is 9.14. The molecule has 1 aliphatic rings. The maximum absolute atomic E-state index is 5.28. The molecule has 0 bridgehead atoms. The fourth-order valence-electron chi connectivity index (χ4n) is 2.15. The Bertz CT molecular complexity index is 184. The molecule has 2 nitrogen and oxygen atoms in total. The van der Waals surface area contributed by atoms with Crippen molar-refractivity contribution in [2.45, 2.75) is 52.9 Å². The van der Waals surface area contributed by atoms with Gasteiger partial charge in [0, 0.05) is 5.71 Å². The highest BCUT2D eigenvalue weighted by Gasteiger charge is 2.30. The Morgan fingerprint density at radius 3 is 2.31 bits per heavy atom. The van der Waals surface area contributed by atoms with E-state index in [0.29, 0.717) is 5.41 Å². The summed E-state index contributed by atoms with van der Waals surface area (Å²) >= 11 is 0. The maximum atomic E-state index is 5.28. The van der Waals surface area contributed by atoms with Gasteiger partial charge < -0.3 is 5.84 Å². The lowest BCUT2D eigenvalue weighted by Crippen LogP contribution is -2.28. The van der Waals surface area contributed by atoms with Gasteiger partial charge in [-0.1, -0.05) is 27.2 Å². The quantitative estimate of drug-likeness (QED) is 0.517. The van der Waals surface area contributed by atoms with E-state index in [4.69, 9.17) is 5.84 Å². The number of hydrazone groups is 1. The molecule has 0 aromatic rings. The molecule has 0 radical (unpaired) electrons. The van der Waals surface area contributed by atoms with Crippen molar-refractivity contribution in [2.24, 2.45) is 22.3 Å². The van der Waals surface area contributed by atoms with Crippen molar-refractivity contribution in [1.82, 2.24) is 0 Å². The van der Waals surface area contributed by atoms with Gasteiger partial charge in [-0.3, -0.25) is 0 Å². The van der Waals surface area contributed by atoms with Crippen LogP contribution in [-0.4, -0.2) is 5.71 Å². The second-order valence-electron chi connectivity index (χ2n) is 4.81. The van der Waals surface area contributed by atoms with Crippen molar-refractivity contribution in [1.29, 1.82) is 0 Å². The SMILES string of the molecule is CCC(C)(C)C1CCC(=NN)CC1. The van der Waals surface area contributed by atoms with Crippen LogP contribution in [0.25, 0.3) is 0 Å². The topological polar surface area (TPSA) is 38.4 Å². The third-order valence-corrected chi connectivity index (χ3v) is 3.76. The zero-order valence-electron chi connectivity index (χ0n) is 9.14. The van der Waals surface area contributed by atoms with Crippen LogP contribution in [0.15, 0.2) is 5.10 Å². The van der Waals surface area contributed by atoms with E-state index in [1.165, 1.54) is 25.0 Å². The maximum Gasteiger partial charge on any atom is 0.0376 e. The fraction of sp³-hybridized carbons (Fsp3) is 0.909. The molecule has 0 aromatic carbocycles. The Morgan fingerprint density at radius 1 is 1.38 bits per heavy atom. The first kappa shape index (κ1) is 10.6. The first-order chi connectivity index (χ1) is 6.10. The van der Waals surface area contributed by atoms with Crippen LogP contribution in [0.4, 0.5) is 0 Å². The van der Waals surface area contributed by atoms with Crippen LogP contribution in [0.3, 0.4) is 0 Å². The highest BCUT2D eigenvalue weighted by molar-refractivity contribution is 5.84. The molecule has 0 aliphatic heterocycles. The lowest BCUT2D eigenvalue weighted by atomic mass is 9.69. The third kappa shape index (κ3) is 2.45. The van der Waals surface area contributed by atoms with Gasteiger partial charge >= 0.3 is 0 Å². The molecule has 2 heteroatoms. The smallest absolute Gasteiger partial charge is 0.0376 e. The number of hydrogen-bond acceptors (Lipinski definition) is 2. The molecule has 0 saturated heterocycles. The van der Waals surface area contributed by atoms with Gasteiger partial charge in [0.15, 0.2) is 0 Å². The summed E-state index contributed by atoms with van der Waals surface area (Å²) in [4.78, 5) is 0. The molecule has 0 aromatic heterocycles. The van der Waals surface area contributed by atoms with Gasteiger partial charge in [-0.2, -0.15) is 5.10 Å². The van der Waals surface area contributed by atoms with Crippen LogP contribution >= 0.6 is 0 Å². The van der Waals surface area contributed by atoms with Gasteiger partial charge in [0.25, 0.3) is 0 Å². The summed E-state index contributed by atoms with van der Waals surface area (Å²) in [6, 6.07) is 0.